The Balaban J connectivity index is 2.19. The van der Waals surface area contributed by atoms with Crippen molar-refractivity contribution in [2.24, 2.45) is 5.92 Å². The fraction of sp³-hybridized carbons (Fsp3) is 0.462. The molecule has 0 fully saturated rings. The van der Waals surface area contributed by atoms with Gasteiger partial charge in [0.25, 0.3) is 0 Å². The van der Waals surface area contributed by atoms with E-state index in [1.54, 1.807) is 13.0 Å². The second kappa shape index (κ2) is 4.75. The number of benzene rings is 1. The summed E-state index contributed by atoms with van der Waals surface area (Å²) in [6, 6.07) is 5.52. The topological polar surface area (TPSA) is 55.8 Å². The minimum absolute atomic E-state index is 0.408. The molecule has 92 valence electrons. The zero-order chi connectivity index (χ0) is 12.4. The van der Waals surface area contributed by atoms with Crippen molar-refractivity contribution in [3.8, 4) is 5.75 Å². The Morgan fingerprint density at radius 2 is 2.29 bits per heavy atom. The highest BCUT2D eigenvalue weighted by molar-refractivity contribution is 5.72. The molecule has 2 unspecified atom stereocenters. The van der Waals surface area contributed by atoms with Crippen LogP contribution in [0.3, 0.4) is 0 Å². The molecule has 1 N–H and O–H groups in total. The van der Waals surface area contributed by atoms with E-state index in [4.69, 9.17) is 4.74 Å². The number of methoxy groups -OCH3 is 1. The highest BCUT2D eigenvalue weighted by Gasteiger charge is 2.25. The first-order valence-electron chi connectivity index (χ1n) is 5.65. The van der Waals surface area contributed by atoms with Crippen molar-refractivity contribution in [1.82, 2.24) is 0 Å². The van der Waals surface area contributed by atoms with Gasteiger partial charge in [0.15, 0.2) is 0 Å². The van der Waals surface area contributed by atoms with Crippen LogP contribution in [-0.4, -0.2) is 24.8 Å². The maximum Gasteiger partial charge on any atom is 0.311 e. The summed E-state index contributed by atoms with van der Waals surface area (Å²) in [4.78, 5) is 11.4. The normalized spacial score (nSPS) is 16.9. The largest absolute Gasteiger partial charge is 0.493 e. The molecule has 0 spiro atoms. The molecule has 0 aromatic heterocycles. The minimum atomic E-state index is -0.839. The van der Waals surface area contributed by atoms with E-state index < -0.39 is 18.0 Å². The van der Waals surface area contributed by atoms with E-state index in [0.717, 1.165) is 23.3 Å². The van der Waals surface area contributed by atoms with Crippen molar-refractivity contribution < 1.29 is 19.4 Å². The van der Waals surface area contributed by atoms with Crippen molar-refractivity contribution in [3.05, 3.63) is 29.3 Å². The lowest BCUT2D eigenvalue weighted by molar-refractivity contribution is -0.148. The predicted octanol–water partition coefficient (Wildman–Crippen LogP) is 1.46. The van der Waals surface area contributed by atoms with Gasteiger partial charge < -0.3 is 14.6 Å². The van der Waals surface area contributed by atoms with Crippen LogP contribution in [0.15, 0.2) is 18.2 Å². The fourth-order valence-corrected chi connectivity index (χ4v) is 1.99. The summed E-state index contributed by atoms with van der Waals surface area (Å²) in [5.41, 5.74) is 1.81. The Hall–Kier alpha value is -1.55. The molecule has 4 heteroatoms. The van der Waals surface area contributed by atoms with Crippen LogP contribution in [0.2, 0.25) is 0 Å². The van der Waals surface area contributed by atoms with E-state index in [0.29, 0.717) is 6.61 Å². The highest BCUT2D eigenvalue weighted by atomic mass is 16.5. The Labute approximate surface area is 100 Å². The molecular formula is C13H16O4. The van der Waals surface area contributed by atoms with Gasteiger partial charge >= 0.3 is 5.97 Å². The molecule has 1 aromatic carbocycles. The van der Waals surface area contributed by atoms with Crippen molar-refractivity contribution in [3.63, 3.8) is 0 Å². The summed E-state index contributed by atoms with van der Waals surface area (Å²) < 4.78 is 10.0. The van der Waals surface area contributed by atoms with Gasteiger partial charge in [-0.1, -0.05) is 6.07 Å². The second-order valence-electron chi connectivity index (χ2n) is 4.22. The van der Waals surface area contributed by atoms with Gasteiger partial charge in [-0.3, -0.25) is 4.79 Å². The maximum atomic E-state index is 11.4. The average Bonchev–Trinajstić information content (AvgIpc) is 2.83. The van der Waals surface area contributed by atoms with Crippen molar-refractivity contribution in [1.29, 1.82) is 0 Å². The first-order valence-corrected chi connectivity index (χ1v) is 5.65. The van der Waals surface area contributed by atoms with E-state index in [2.05, 4.69) is 4.74 Å². The third-order valence-electron chi connectivity index (χ3n) is 3.10. The number of ether oxygens (including phenoxy) is 2. The quantitative estimate of drug-likeness (QED) is 0.807. The van der Waals surface area contributed by atoms with Gasteiger partial charge in [-0.15, -0.1) is 0 Å². The minimum Gasteiger partial charge on any atom is -0.493 e. The summed E-state index contributed by atoms with van der Waals surface area (Å²) in [6.07, 6.45) is 0.0102. The first kappa shape index (κ1) is 11.9. The molecule has 1 heterocycles. The summed E-state index contributed by atoms with van der Waals surface area (Å²) in [6.45, 7) is 2.33. The Bertz CT molecular complexity index is 427. The van der Waals surface area contributed by atoms with Crippen LogP contribution in [0, 0.1) is 5.92 Å². The standard InChI is InChI=1S/C13H16O4/c1-8(13(15)16-2)12(14)10-3-4-11-9(7-10)5-6-17-11/h3-4,7-8,12,14H,5-6H2,1-2H3. The predicted molar refractivity (Wildman–Crippen MR) is 61.8 cm³/mol. The van der Waals surface area contributed by atoms with Gasteiger partial charge in [-0.05, 0) is 30.2 Å². The van der Waals surface area contributed by atoms with Crippen LogP contribution < -0.4 is 4.74 Å². The molecule has 0 saturated heterocycles. The molecule has 0 bridgehead atoms. The molecule has 0 aliphatic carbocycles. The van der Waals surface area contributed by atoms with Crippen molar-refractivity contribution in [2.75, 3.05) is 13.7 Å². The number of aliphatic hydroxyl groups excluding tert-OH is 1. The van der Waals surface area contributed by atoms with Gasteiger partial charge in [0.1, 0.15) is 5.75 Å². The van der Waals surface area contributed by atoms with E-state index in [9.17, 15) is 9.90 Å². The molecule has 2 atom stereocenters. The third kappa shape index (κ3) is 2.26. The molecule has 17 heavy (non-hydrogen) atoms. The highest BCUT2D eigenvalue weighted by Crippen LogP contribution is 2.30. The van der Waals surface area contributed by atoms with Gasteiger partial charge in [0, 0.05) is 6.42 Å². The molecule has 4 nitrogen and oxygen atoms in total. The lowest BCUT2D eigenvalue weighted by Gasteiger charge is -2.17. The smallest absolute Gasteiger partial charge is 0.311 e. The Kier molecular flexibility index (Phi) is 3.33. The SMILES string of the molecule is COC(=O)C(C)C(O)c1ccc2c(c1)CCO2. The van der Waals surface area contributed by atoms with Crippen molar-refractivity contribution in [2.45, 2.75) is 19.4 Å². The monoisotopic (exact) mass is 236 g/mol. The summed E-state index contributed by atoms with van der Waals surface area (Å²) in [5.74, 6) is -0.110. The van der Waals surface area contributed by atoms with Gasteiger partial charge in [0.05, 0.1) is 25.7 Å². The molecule has 0 amide bonds. The van der Waals surface area contributed by atoms with Crippen LogP contribution in [0.25, 0.3) is 0 Å². The van der Waals surface area contributed by atoms with Crippen LogP contribution >= 0.6 is 0 Å². The van der Waals surface area contributed by atoms with E-state index >= 15 is 0 Å². The van der Waals surface area contributed by atoms with E-state index in [-0.39, 0.29) is 0 Å². The number of fused-ring (bicyclic) bond motifs is 1. The molecule has 2 rings (SSSR count). The lowest BCUT2D eigenvalue weighted by Crippen LogP contribution is -2.20. The Morgan fingerprint density at radius 1 is 1.53 bits per heavy atom. The average molecular weight is 236 g/mol. The number of esters is 1. The molecule has 1 aromatic rings. The molecule has 1 aliphatic rings. The third-order valence-corrected chi connectivity index (χ3v) is 3.10. The van der Waals surface area contributed by atoms with Gasteiger partial charge in [-0.25, -0.2) is 0 Å². The second-order valence-corrected chi connectivity index (χ2v) is 4.22. The fourth-order valence-electron chi connectivity index (χ4n) is 1.99. The number of hydrogen-bond acceptors (Lipinski definition) is 4. The number of carbonyl (C=O) groups excluding carboxylic acids is 1. The Morgan fingerprint density at radius 3 is 3.00 bits per heavy atom. The molecular weight excluding hydrogens is 220 g/mol. The van der Waals surface area contributed by atoms with Gasteiger partial charge in [0.2, 0.25) is 0 Å². The van der Waals surface area contributed by atoms with Crippen LogP contribution in [-0.2, 0) is 16.0 Å². The first-order chi connectivity index (χ1) is 8.13. The zero-order valence-electron chi connectivity index (χ0n) is 9.97. The summed E-state index contributed by atoms with van der Waals surface area (Å²) in [5, 5.41) is 10.1. The zero-order valence-corrected chi connectivity index (χ0v) is 9.97. The van der Waals surface area contributed by atoms with Crippen LogP contribution in [0.1, 0.15) is 24.2 Å². The number of hydrogen-bond donors (Lipinski definition) is 1. The molecule has 0 saturated carbocycles. The van der Waals surface area contributed by atoms with Gasteiger partial charge in [-0.2, -0.15) is 0 Å². The summed E-state index contributed by atoms with van der Waals surface area (Å²) in [7, 11) is 1.32. The molecule has 1 aliphatic heterocycles. The van der Waals surface area contributed by atoms with Crippen molar-refractivity contribution >= 4 is 5.97 Å². The number of aliphatic hydroxyl groups is 1. The van der Waals surface area contributed by atoms with Crippen LogP contribution in [0.4, 0.5) is 0 Å². The molecule has 0 radical (unpaired) electrons. The maximum absolute atomic E-state index is 11.4. The van der Waals surface area contributed by atoms with Crippen LogP contribution in [0.5, 0.6) is 5.75 Å². The van der Waals surface area contributed by atoms with E-state index in [1.165, 1.54) is 7.11 Å². The number of carbonyl (C=O) groups is 1. The van der Waals surface area contributed by atoms with E-state index in [1.807, 2.05) is 12.1 Å². The summed E-state index contributed by atoms with van der Waals surface area (Å²) >= 11 is 0. The number of rotatable bonds is 3. The lowest BCUT2D eigenvalue weighted by atomic mass is 9.95.